The molecule has 10 heavy (non-hydrogen) atoms. The molecule has 0 N–H and O–H groups in total. The van der Waals surface area contributed by atoms with Gasteiger partial charge in [-0.05, 0) is 15.9 Å². The minimum absolute atomic E-state index is 0.721. The largest absolute Gasteiger partial charge is 0.439 e. The van der Waals surface area contributed by atoms with Crippen molar-refractivity contribution in [3.8, 4) is 0 Å². The zero-order valence-electron chi connectivity index (χ0n) is 5.22. The highest BCUT2D eigenvalue weighted by molar-refractivity contribution is 9.11. The Morgan fingerprint density at radius 1 is 1.70 bits per heavy atom. The molecule has 0 aliphatic heterocycles. The van der Waals surface area contributed by atoms with Gasteiger partial charge in [0.25, 0.3) is 0 Å². The predicted molar refractivity (Wildman–Crippen MR) is 44.3 cm³/mol. The van der Waals surface area contributed by atoms with Crippen LogP contribution in [0.2, 0.25) is 0 Å². The van der Waals surface area contributed by atoms with Crippen molar-refractivity contribution in [3.63, 3.8) is 0 Å². The lowest BCUT2D eigenvalue weighted by atomic mass is 10.6. The highest BCUT2D eigenvalue weighted by Crippen LogP contribution is 2.30. The number of thiophene rings is 1. The molecule has 4 heteroatoms. The summed E-state index contributed by atoms with van der Waals surface area (Å²) in [4.78, 5) is 4.15. The van der Waals surface area contributed by atoms with Crippen molar-refractivity contribution in [2.24, 2.45) is 0 Å². The van der Waals surface area contributed by atoms with E-state index in [2.05, 4.69) is 20.9 Å². The topological polar surface area (TPSA) is 26.0 Å². The van der Waals surface area contributed by atoms with Gasteiger partial charge in [-0.1, -0.05) is 0 Å². The molecule has 2 aromatic heterocycles. The van der Waals surface area contributed by atoms with Crippen molar-refractivity contribution < 1.29 is 4.42 Å². The minimum atomic E-state index is 0.721. The first-order valence-electron chi connectivity index (χ1n) is 2.77. The van der Waals surface area contributed by atoms with Gasteiger partial charge < -0.3 is 4.42 Å². The molecule has 52 valence electrons. The van der Waals surface area contributed by atoms with Gasteiger partial charge in [0.05, 0.1) is 0 Å². The second-order valence-electron chi connectivity index (χ2n) is 1.96. The van der Waals surface area contributed by atoms with Crippen LogP contribution in [0.1, 0.15) is 5.89 Å². The van der Waals surface area contributed by atoms with Gasteiger partial charge in [-0.3, -0.25) is 0 Å². The Kier molecular flexibility index (Phi) is 1.32. The second-order valence-corrected chi connectivity index (χ2v) is 4.15. The molecule has 0 atom stereocenters. The summed E-state index contributed by atoms with van der Waals surface area (Å²) in [6, 6.07) is 0. The summed E-state index contributed by atoms with van der Waals surface area (Å²) < 4.78 is 6.31. The van der Waals surface area contributed by atoms with Crippen LogP contribution in [0.4, 0.5) is 0 Å². The van der Waals surface area contributed by atoms with Crippen LogP contribution in [0.3, 0.4) is 0 Å². The molecule has 2 aromatic rings. The molecule has 0 saturated heterocycles. The van der Waals surface area contributed by atoms with Crippen molar-refractivity contribution in [1.29, 1.82) is 0 Å². The van der Waals surface area contributed by atoms with Gasteiger partial charge in [-0.2, -0.15) is 0 Å². The fraction of sp³-hybridized carbons (Fsp3) is 0.167. The molecule has 2 nitrogen and oxygen atoms in total. The minimum Gasteiger partial charge on any atom is -0.439 e. The van der Waals surface area contributed by atoms with Gasteiger partial charge in [0.1, 0.15) is 9.30 Å². The summed E-state index contributed by atoms with van der Waals surface area (Å²) in [6.07, 6.45) is 0. The molecule has 0 unspecified atom stereocenters. The van der Waals surface area contributed by atoms with E-state index in [-0.39, 0.29) is 0 Å². The van der Waals surface area contributed by atoms with Gasteiger partial charge in [-0.15, -0.1) is 11.3 Å². The van der Waals surface area contributed by atoms with Crippen LogP contribution in [-0.2, 0) is 0 Å². The normalized spacial score (nSPS) is 11.0. The predicted octanol–water partition coefficient (Wildman–Crippen LogP) is 2.96. The quantitative estimate of drug-likeness (QED) is 0.679. The number of aromatic nitrogens is 1. The standard InChI is InChI=1S/C6H4BrNOS/c1-3-8-4-2-10-6(7)5(4)9-3/h2H,1H3. The molecule has 0 aliphatic carbocycles. The molecular formula is C6H4BrNOS. The van der Waals surface area contributed by atoms with Crippen molar-refractivity contribution in [2.45, 2.75) is 6.92 Å². The molecule has 0 saturated carbocycles. The van der Waals surface area contributed by atoms with Crippen molar-refractivity contribution in [2.75, 3.05) is 0 Å². The van der Waals surface area contributed by atoms with E-state index in [4.69, 9.17) is 4.42 Å². The molecule has 0 fully saturated rings. The van der Waals surface area contributed by atoms with Crippen molar-refractivity contribution >= 4 is 38.4 Å². The van der Waals surface area contributed by atoms with E-state index in [0.717, 1.165) is 20.8 Å². The zero-order chi connectivity index (χ0) is 7.14. The maximum atomic E-state index is 5.29. The third-order valence-corrected chi connectivity index (χ3v) is 2.87. The third kappa shape index (κ3) is 0.793. The number of hydrogen-bond donors (Lipinski definition) is 0. The number of halogens is 1. The smallest absolute Gasteiger partial charge is 0.192 e. The average molecular weight is 218 g/mol. The highest BCUT2D eigenvalue weighted by atomic mass is 79.9. The van der Waals surface area contributed by atoms with Crippen molar-refractivity contribution in [1.82, 2.24) is 4.98 Å². The van der Waals surface area contributed by atoms with Crippen LogP contribution >= 0.6 is 27.3 Å². The highest BCUT2D eigenvalue weighted by Gasteiger charge is 2.06. The average Bonchev–Trinajstić information content (AvgIpc) is 2.35. The van der Waals surface area contributed by atoms with Gasteiger partial charge >= 0.3 is 0 Å². The molecule has 0 spiro atoms. The Morgan fingerprint density at radius 2 is 2.50 bits per heavy atom. The molecule has 2 heterocycles. The first-order valence-corrected chi connectivity index (χ1v) is 4.45. The summed E-state index contributed by atoms with van der Waals surface area (Å²) in [5.74, 6) is 0.721. The summed E-state index contributed by atoms with van der Waals surface area (Å²) in [6.45, 7) is 1.84. The molecule has 0 bridgehead atoms. The lowest BCUT2D eigenvalue weighted by molar-refractivity contribution is 0.560. The van der Waals surface area contributed by atoms with E-state index >= 15 is 0 Å². The summed E-state index contributed by atoms with van der Waals surface area (Å²) in [5, 5.41) is 1.97. The molecule has 0 amide bonds. The maximum Gasteiger partial charge on any atom is 0.192 e. The molecule has 2 rings (SSSR count). The van der Waals surface area contributed by atoms with Crippen LogP contribution in [0.15, 0.2) is 13.6 Å². The third-order valence-electron chi connectivity index (χ3n) is 1.21. The van der Waals surface area contributed by atoms with E-state index in [1.54, 1.807) is 11.3 Å². The fourth-order valence-corrected chi connectivity index (χ4v) is 2.02. The number of rotatable bonds is 0. The van der Waals surface area contributed by atoms with Crippen LogP contribution in [-0.4, -0.2) is 4.98 Å². The Labute approximate surface area is 70.0 Å². The summed E-state index contributed by atoms with van der Waals surface area (Å²) in [5.41, 5.74) is 1.80. The first kappa shape index (κ1) is 6.37. The fourth-order valence-electron chi connectivity index (χ4n) is 0.825. The maximum absolute atomic E-state index is 5.29. The summed E-state index contributed by atoms with van der Waals surface area (Å²) >= 11 is 4.96. The summed E-state index contributed by atoms with van der Waals surface area (Å²) in [7, 11) is 0. The van der Waals surface area contributed by atoms with E-state index < -0.39 is 0 Å². The van der Waals surface area contributed by atoms with E-state index in [1.165, 1.54) is 0 Å². The van der Waals surface area contributed by atoms with Crippen LogP contribution in [0.25, 0.3) is 11.1 Å². The molecular weight excluding hydrogens is 214 g/mol. The van der Waals surface area contributed by atoms with E-state index in [9.17, 15) is 0 Å². The van der Waals surface area contributed by atoms with Gasteiger partial charge in [0.2, 0.25) is 0 Å². The Bertz CT molecular complexity index is 365. The van der Waals surface area contributed by atoms with Gasteiger partial charge in [-0.25, -0.2) is 4.98 Å². The zero-order valence-corrected chi connectivity index (χ0v) is 7.62. The van der Waals surface area contributed by atoms with Gasteiger partial charge in [0, 0.05) is 12.3 Å². The van der Waals surface area contributed by atoms with Crippen LogP contribution < -0.4 is 0 Å². The molecule has 0 aromatic carbocycles. The molecule has 0 aliphatic rings. The Hall–Kier alpha value is -0.350. The van der Waals surface area contributed by atoms with E-state index in [1.807, 2.05) is 12.3 Å². The number of fused-ring (bicyclic) bond motifs is 1. The monoisotopic (exact) mass is 217 g/mol. The number of oxazole rings is 1. The van der Waals surface area contributed by atoms with Crippen molar-refractivity contribution in [3.05, 3.63) is 15.1 Å². The van der Waals surface area contributed by atoms with Gasteiger partial charge in [0.15, 0.2) is 11.5 Å². The Morgan fingerprint density at radius 3 is 3.20 bits per heavy atom. The Balaban J connectivity index is 2.90. The van der Waals surface area contributed by atoms with Crippen LogP contribution in [0.5, 0.6) is 0 Å². The molecule has 0 radical (unpaired) electrons. The lowest BCUT2D eigenvalue weighted by Crippen LogP contribution is -1.62. The number of aryl methyl sites for hydroxylation is 1. The second kappa shape index (κ2) is 2.07. The first-order chi connectivity index (χ1) is 4.77. The number of nitrogens with zero attached hydrogens (tertiary/aromatic N) is 1. The van der Waals surface area contributed by atoms with E-state index in [0.29, 0.717) is 0 Å². The SMILES string of the molecule is Cc1nc2csc(Br)c2o1. The lowest BCUT2D eigenvalue weighted by Gasteiger charge is -1.76. The van der Waals surface area contributed by atoms with Crippen LogP contribution in [0, 0.1) is 6.92 Å². The number of hydrogen-bond acceptors (Lipinski definition) is 3.